The van der Waals surface area contributed by atoms with Gasteiger partial charge < -0.3 is 10.6 Å². The fraction of sp³-hybridized carbons (Fsp3) is 0.923. The van der Waals surface area contributed by atoms with Gasteiger partial charge in [-0.3, -0.25) is 9.69 Å². The number of hydrogen-bond acceptors (Lipinski definition) is 3. The third kappa shape index (κ3) is 2.79. The first-order chi connectivity index (χ1) is 9.40. The minimum atomic E-state index is -4.50. The van der Waals surface area contributed by atoms with Crippen LogP contribution >= 0.6 is 0 Å². The van der Waals surface area contributed by atoms with E-state index in [4.69, 9.17) is 0 Å². The van der Waals surface area contributed by atoms with Gasteiger partial charge in [0.25, 0.3) is 0 Å². The number of likely N-dealkylation sites (tertiary alicyclic amines) is 1. The lowest BCUT2D eigenvalue weighted by Gasteiger charge is -2.31. The van der Waals surface area contributed by atoms with Crippen LogP contribution in [0.5, 0.6) is 0 Å². The Morgan fingerprint density at radius 2 is 2.25 bits per heavy atom. The van der Waals surface area contributed by atoms with Gasteiger partial charge in [-0.1, -0.05) is 6.92 Å². The first-order valence-corrected chi connectivity index (χ1v) is 7.20. The zero-order valence-electron chi connectivity index (χ0n) is 11.7. The average molecular weight is 293 g/mol. The van der Waals surface area contributed by atoms with Crippen molar-refractivity contribution in [3.8, 4) is 0 Å². The molecule has 2 saturated heterocycles. The van der Waals surface area contributed by atoms with Crippen LogP contribution in [0.15, 0.2) is 0 Å². The van der Waals surface area contributed by atoms with Crippen molar-refractivity contribution in [1.82, 2.24) is 15.5 Å². The van der Waals surface area contributed by atoms with Crippen molar-refractivity contribution in [2.75, 3.05) is 32.7 Å². The molecule has 2 heterocycles. The van der Waals surface area contributed by atoms with Gasteiger partial charge in [0, 0.05) is 19.1 Å². The highest BCUT2D eigenvalue weighted by atomic mass is 19.4. The predicted octanol–water partition coefficient (Wildman–Crippen LogP) is 1.13. The van der Waals surface area contributed by atoms with E-state index < -0.39 is 17.5 Å². The third-order valence-electron chi connectivity index (χ3n) is 4.54. The molecule has 0 saturated carbocycles. The number of alkyl halides is 3. The molecule has 2 atom stereocenters. The summed E-state index contributed by atoms with van der Waals surface area (Å²) in [4.78, 5) is 14.3. The van der Waals surface area contributed by atoms with Crippen LogP contribution < -0.4 is 10.6 Å². The summed E-state index contributed by atoms with van der Waals surface area (Å²) in [6.45, 7) is 4.08. The molecular weight excluding hydrogens is 271 g/mol. The van der Waals surface area contributed by atoms with Gasteiger partial charge in [-0.2, -0.15) is 13.2 Å². The Kier molecular flexibility index (Phi) is 4.59. The summed E-state index contributed by atoms with van der Waals surface area (Å²) in [6.07, 6.45) is -2.70. The normalized spacial score (nSPS) is 31.7. The maximum absolute atomic E-state index is 13.2. The topological polar surface area (TPSA) is 44.4 Å². The molecule has 7 heteroatoms. The lowest BCUT2D eigenvalue weighted by Crippen LogP contribution is -2.54. The first kappa shape index (κ1) is 15.6. The fourth-order valence-corrected chi connectivity index (χ4v) is 3.18. The van der Waals surface area contributed by atoms with Crippen molar-refractivity contribution in [2.24, 2.45) is 5.41 Å². The summed E-state index contributed by atoms with van der Waals surface area (Å²) in [5, 5.41) is 5.19. The lowest BCUT2D eigenvalue weighted by molar-refractivity contribution is -0.216. The van der Waals surface area contributed by atoms with E-state index >= 15 is 0 Å². The molecule has 0 aromatic rings. The molecule has 20 heavy (non-hydrogen) atoms. The second-order valence-electron chi connectivity index (χ2n) is 5.64. The molecule has 0 radical (unpaired) electrons. The molecule has 2 unspecified atom stereocenters. The van der Waals surface area contributed by atoms with Gasteiger partial charge in [-0.05, 0) is 38.9 Å². The van der Waals surface area contributed by atoms with Gasteiger partial charge in [0.15, 0.2) is 5.41 Å². The number of halogens is 3. The molecule has 116 valence electrons. The zero-order valence-corrected chi connectivity index (χ0v) is 11.7. The SMILES string of the molecule is CCN1CCCC1CNC(=O)C1(C(F)(F)F)CCNC1. The Labute approximate surface area is 117 Å². The summed E-state index contributed by atoms with van der Waals surface area (Å²) >= 11 is 0. The van der Waals surface area contributed by atoms with E-state index in [9.17, 15) is 18.0 Å². The minimum absolute atomic E-state index is 0.170. The molecule has 2 N–H and O–H groups in total. The maximum Gasteiger partial charge on any atom is 0.404 e. The molecule has 0 aromatic carbocycles. The molecule has 2 aliphatic rings. The summed E-state index contributed by atoms with van der Waals surface area (Å²) in [6, 6.07) is 0.170. The lowest BCUT2D eigenvalue weighted by atomic mass is 9.85. The van der Waals surface area contributed by atoms with Crippen molar-refractivity contribution in [1.29, 1.82) is 0 Å². The molecular formula is C13H22F3N3O. The maximum atomic E-state index is 13.2. The van der Waals surface area contributed by atoms with E-state index in [-0.39, 0.29) is 25.6 Å². The Bertz CT molecular complexity index is 353. The van der Waals surface area contributed by atoms with Crippen LogP contribution in [0.1, 0.15) is 26.2 Å². The largest absolute Gasteiger partial charge is 0.404 e. The van der Waals surface area contributed by atoms with E-state index in [0.717, 1.165) is 25.9 Å². The van der Waals surface area contributed by atoms with Crippen LogP contribution in [-0.4, -0.2) is 55.7 Å². The van der Waals surface area contributed by atoms with Crippen LogP contribution in [0, 0.1) is 5.41 Å². The number of likely N-dealkylation sites (N-methyl/N-ethyl adjacent to an activating group) is 1. The van der Waals surface area contributed by atoms with Crippen molar-refractivity contribution in [3.63, 3.8) is 0 Å². The number of nitrogens with zero attached hydrogens (tertiary/aromatic N) is 1. The number of rotatable bonds is 4. The number of carbonyl (C=O) groups is 1. The highest BCUT2D eigenvalue weighted by molar-refractivity contribution is 5.84. The predicted molar refractivity (Wildman–Crippen MR) is 69.3 cm³/mol. The van der Waals surface area contributed by atoms with Crippen molar-refractivity contribution < 1.29 is 18.0 Å². The first-order valence-electron chi connectivity index (χ1n) is 7.20. The molecule has 0 aromatic heterocycles. The summed E-state index contributed by atoms with van der Waals surface area (Å²) in [5.41, 5.74) is -2.25. The number of amides is 1. The van der Waals surface area contributed by atoms with Gasteiger partial charge >= 0.3 is 6.18 Å². The van der Waals surface area contributed by atoms with Gasteiger partial charge in [0.05, 0.1) is 0 Å². The highest BCUT2D eigenvalue weighted by Gasteiger charge is 2.61. The van der Waals surface area contributed by atoms with Crippen LogP contribution in [-0.2, 0) is 4.79 Å². The van der Waals surface area contributed by atoms with E-state index in [1.807, 2.05) is 6.92 Å². The van der Waals surface area contributed by atoms with Gasteiger partial charge in [-0.25, -0.2) is 0 Å². The minimum Gasteiger partial charge on any atom is -0.354 e. The summed E-state index contributed by atoms with van der Waals surface area (Å²) < 4.78 is 39.6. The molecule has 0 spiro atoms. The Morgan fingerprint density at radius 3 is 2.80 bits per heavy atom. The second kappa shape index (κ2) is 5.89. The third-order valence-corrected chi connectivity index (χ3v) is 4.54. The Balaban J connectivity index is 1.96. The average Bonchev–Trinajstić information content (AvgIpc) is 3.04. The van der Waals surface area contributed by atoms with Gasteiger partial charge in [-0.15, -0.1) is 0 Å². The molecule has 4 nitrogen and oxygen atoms in total. The fourth-order valence-electron chi connectivity index (χ4n) is 3.18. The number of carbonyl (C=O) groups excluding carboxylic acids is 1. The van der Waals surface area contributed by atoms with E-state index in [1.54, 1.807) is 0 Å². The molecule has 2 fully saturated rings. The van der Waals surface area contributed by atoms with E-state index in [1.165, 1.54) is 0 Å². The molecule has 2 aliphatic heterocycles. The molecule has 0 aliphatic carbocycles. The second-order valence-corrected chi connectivity index (χ2v) is 5.64. The van der Waals surface area contributed by atoms with Crippen molar-refractivity contribution >= 4 is 5.91 Å². The Hall–Kier alpha value is -0.820. The summed E-state index contributed by atoms with van der Waals surface area (Å²) in [5.74, 6) is -0.877. The standard InChI is InChI=1S/C13H22F3N3O/c1-2-19-7-3-4-10(19)8-18-11(20)12(13(14,15)16)5-6-17-9-12/h10,17H,2-9H2,1H3,(H,18,20). The molecule has 0 bridgehead atoms. The quantitative estimate of drug-likeness (QED) is 0.817. The summed E-state index contributed by atoms with van der Waals surface area (Å²) in [7, 11) is 0. The molecule has 1 amide bonds. The highest BCUT2D eigenvalue weighted by Crippen LogP contribution is 2.43. The zero-order chi connectivity index (χ0) is 14.8. The number of hydrogen-bond donors (Lipinski definition) is 2. The molecule has 2 rings (SSSR count). The van der Waals surface area contributed by atoms with Crippen molar-refractivity contribution in [3.05, 3.63) is 0 Å². The van der Waals surface area contributed by atoms with Crippen LogP contribution in [0.3, 0.4) is 0 Å². The number of nitrogens with one attached hydrogen (secondary N) is 2. The Morgan fingerprint density at radius 1 is 1.50 bits per heavy atom. The van der Waals surface area contributed by atoms with Crippen LogP contribution in [0.4, 0.5) is 13.2 Å². The smallest absolute Gasteiger partial charge is 0.354 e. The van der Waals surface area contributed by atoms with Gasteiger partial charge in [0.2, 0.25) is 5.91 Å². The monoisotopic (exact) mass is 293 g/mol. The van der Waals surface area contributed by atoms with E-state index in [2.05, 4.69) is 15.5 Å². The van der Waals surface area contributed by atoms with Crippen molar-refractivity contribution in [2.45, 2.75) is 38.4 Å². The van der Waals surface area contributed by atoms with Crippen LogP contribution in [0.2, 0.25) is 0 Å². The van der Waals surface area contributed by atoms with Crippen LogP contribution in [0.25, 0.3) is 0 Å². The van der Waals surface area contributed by atoms with E-state index in [0.29, 0.717) is 6.54 Å². The van der Waals surface area contributed by atoms with Gasteiger partial charge in [0.1, 0.15) is 0 Å².